The topological polar surface area (TPSA) is 64.8 Å². The van der Waals surface area contributed by atoms with E-state index in [1.165, 1.54) is 0 Å². The third-order valence-electron chi connectivity index (χ3n) is 2.71. The molecule has 1 rings (SSSR count). The number of esters is 1. The summed E-state index contributed by atoms with van der Waals surface area (Å²) in [4.78, 5) is 14.0. The summed E-state index contributed by atoms with van der Waals surface area (Å²) < 4.78 is 10.4. The van der Waals surface area contributed by atoms with Crippen LogP contribution in [0.2, 0.25) is 0 Å². The van der Waals surface area contributed by atoms with Crippen LogP contribution in [0.3, 0.4) is 0 Å². The van der Waals surface area contributed by atoms with E-state index in [1.807, 2.05) is 32.7 Å². The Hall–Kier alpha value is -1.75. The SMILES string of the molecule is COCCN(C)c1cc(C(=O)OC(C)(C)C)ccc1N. The second-order valence-electron chi connectivity index (χ2n) is 5.69. The Morgan fingerprint density at radius 2 is 2.00 bits per heavy atom. The van der Waals surface area contributed by atoms with Gasteiger partial charge in [0, 0.05) is 20.7 Å². The number of hydrogen-bond acceptors (Lipinski definition) is 5. The first-order chi connectivity index (χ1) is 9.24. The number of anilines is 2. The number of hydrogen-bond donors (Lipinski definition) is 1. The molecule has 0 aliphatic rings. The molecule has 0 heterocycles. The van der Waals surface area contributed by atoms with Crippen LogP contribution in [0.4, 0.5) is 11.4 Å². The maximum absolute atomic E-state index is 12.1. The Bertz CT molecular complexity index is 467. The van der Waals surface area contributed by atoms with Gasteiger partial charge < -0.3 is 20.1 Å². The Labute approximate surface area is 120 Å². The summed E-state index contributed by atoms with van der Waals surface area (Å²) in [5, 5.41) is 0. The first-order valence-electron chi connectivity index (χ1n) is 6.57. The standard InChI is InChI=1S/C15H24N2O3/c1-15(2,3)20-14(18)11-6-7-12(16)13(10-11)17(4)8-9-19-5/h6-7,10H,8-9,16H2,1-5H3. The number of carbonyl (C=O) groups is 1. The first kappa shape index (κ1) is 16.3. The molecule has 0 bridgehead atoms. The number of benzene rings is 1. The van der Waals surface area contributed by atoms with E-state index in [-0.39, 0.29) is 5.97 Å². The van der Waals surface area contributed by atoms with Crippen molar-refractivity contribution < 1.29 is 14.3 Å². The highest BCUT2D eigenvalue weighted by molar-refractivity contribution is 5.92. The van der Waals surface area contributed by atoms with Gasteiger partial charge in [0.25, 0.3) is 0 Å². The smallest absolute Gasteiger partial charge is 0.338 e. The van der Waals surface area contributed by atoms with E-state index in [2.05, 4.69) is 0 Å². The molecular formula is C15H24N2O3. The lowest BCUT2D eigenvalue weighted by molar-refractivity contribution is 0.00696. The molecule has 112 valence electrons. The minimum Gasteiger partial charge on any atom is -0.456 e. The molecule has 1 aromatic rings. The highest BCUT2D eigenvalue weighted by atomic mass is 16.6. The molecule has 0 unspecified atom stereocenters. The van der Waals surface area contributed by atoms with Crippen molar-refractivity contribution in [2.75, 3.05) is 37.9 Å². The van der Waals surface area contributed by atoms with Crippen LogP contribution < -0.4 is 10.6 Å². The van der Waals surface area contributed by atoms with Crippen LogP contribution in [-0.4, -0.2) is 38.9 Å². The molecular weight excluding hydrogens is 256 g/mol. The number of nitrogens with zero attached hydrogens (tertiary/aromatic N) is 1. The van der Waals surface area contributed by atoms with Crippen LogP contribution in [-0.2, 0) is 9.47 Å². The largest absolute Gasteiger partial charge is 0.456 e. The summed E-state index contributed by atoms with van der Waals surface area (Å²) in [6.45, 7) is 6.81. The molecule has 0 saturated carbocycles. The van der Waals surface area contributed by atoms with Gasteiger partial charge in [-0.2, -0.15) is 0 Å². The van der Waals surface area contributed by atoms with Gasteiger partial charge in [-0.05, 0) is 39.0 Å². The van der Waals surface area contributed by atoms with Crippen molar-refractivity contribution in [1.29, 1.82) is 0 Å². The molecule has 0 spiro atoms. The van der Waals surface area contributed by atoms with Gasteiger partial charge in [-0.25, -0.2) is 4.79 Å². The van der Waals surface area contributed by atoms with E-state index in [1.54, 1.807) is 25.3 Å². The van der Waals surface area contributed by atoms with Gasteiger partial charge in [0.1, 0.15) is 5.60 Å². The molecule has 0 aliphatic carbocycles. The molecule has 1 aromatic carbocycles. The molecule has 0 fully saturated rings. The van der Waals surface area contributed by atoms with Crippen molar-refractivity contribution >= 4 is 17.3 Å². The lowest BCUT2D eigenvalue weighted by Crippen LogP contribution is -2.25. The summed E-state index contributed by atoms with van der Waals surface area (Å²) in [5.41, 5.74) is 7.35. The van der Waals surface area contributed by atoms with Gasteiger partial charge in [0.2, 0.25) is 0 Å². The highest BCUT2D eigenvalue weighted by Gasteiger charge is 2.19. The quantitative estimate of drug-likeness (QED) is 0.662. The third kappa shape index (κ3) is 4.74. The molecule has 5 nitrogen and oxygen atoms in total. The van der Waals surface area contributed by atoms with Gasteiger partial charge in [-0.15, -0.1) is 0 Å². The van der Waals surface area contributed by atoms with Gasteiger partial charge in [-0.1, -0.05) is 0 Å². The fraction of sp³-hybridized carbons (Fsp3) is 0.533. The molecule has 20 heavy (non-hydrogen) atoms. The van der Waals surface area contributed by atoms with Crippen molar-refractivity contribution in [2.45, 2.75) is 26.4 Å². The zero-order valence-corrected chi connectivity index (χ0v) is 12.9. The number of rotatable bonds is 5. The average molecular weight is 280 g/mol. The molecule has 2 N–H and O–H groups in total. The average Bonchev–Trinajstić information content (AvgIpc) is 2.34. The molecule has 0 atom stereocenters. The number of methoxy groups -OCH3 is 1. The zero-order chi connectivity index (χ0) is 15.3. The number of nitrogen functional groups attached to an aromatic ring is 1. The molecule has 5 heteroatoms. The number of likely N-dealkylation sites (N-methyl/N-ethyl adjacent to an activating group) is 1. The Morgan fingerprint density at radius 3 is 2.55 bits per heavy atom. The number of carbonyl (C=O) groups excluding carboxylic acids is 1. The van der Waals surface area contributed by atoms with Gasteiger partial charge in [0.15, 0.2) is 0 Å². The van der Waals surface area contributed by atoms with E-state index in [4.69, 9.17) is 15.2 Å². The first-order valence-corrected chi connectivity index (χ1v) is 6.57. The Kier molecular flexibility index (Phi) is 5.39. The summed E-state index contributed by atoms with van der Waals surface area (Å²) in [6.07, 6.45) is 0. The minimum atomic E-state index is -0.513. The van der Waals surface area contributed by atoms with Gasteiger partial charge in [-0.3, -0.25) is 0 Å². The highest BCUT2D eigenvalue weighted by Crippen LogP contribution is 2.24. The van der Waals surface area contributed by atoms with Crippen molar-refractivity contribution in [2.24, 2.45) is 0 Å². The molecule has 0 radical (unpaired) electrons. The van der Waals surface area contributed by atoms with Crippen LogP contribution >= 0.6 is 0 Å². The Balaban J connectivity index is 2.93. The van der Waals surface area contributed by atoms with E-state index in [0.29, 0.717) is 24.4 Å². The summed E-state index contributed by atoms with van der Waals surface area (Å²) in [6, 6.07) is 5.15. The maximum Gasteiger partial charge on any atom is 0.338 e. The monoisotopic (exact) mass is 280 g/mol. The number of nitrogens with two attached hydrogens (primary N) is 1. The van der Waals surface area contributed by atoms with E-state index >= 15 is 0 Å². The lowest BCUT2D eigenvalue weighted by Gasteiger charge is -2.23. The molecule has 0 saturated heterocycles. The van der Waals surface area contributed by atoms with E-state index in [9.17, 15) is 4.79 Å². The van der Waals surface area contributed by atoms with Crippen molar-refractivity contribution in [3.63, 3.8) is 0 Å². The van der Waals surface area contributed by atoms with Crippen LogP contribution in [0.15, 0.2) is 18.2 Å². The maximum atomic E-state index is 12.1. The molecule has 0 aliphatic heterocycles. The van der Waals surface area contributed by atoms with Crippen LogP contribution in [0.1, 0.15) is 31.1 Å². The van der Waals surface area contributed by atoms with Crippen molar-refractivity contribution in [3.05, 3.63) is 23.8 Å². The van der Waals surface area contributed by atoms with Gasteiger partial charge in [0.05, 0.1) is 23.5 Å². The summed E-state index contributed by atoms with van der Waals surface area (Å²) in [7, 11) is 3.55. The Morgan fingerprint density at radius 1 is 1.35 bits per heavy atom. The summed E-state index contributed by atoms with van der Waals surface area (Å²) >= 11 is 0. The fourth-order valence-electron chi connectivity index (χ4n) is 1.69. The fourth-order valence-corrected chi connectivity index (χ4v) is 1.69. The van der Waals surface area contributed by atoms with E-state index in [0.717, 1.165) is 5.69 Å². The van der Waals surface area contributed by atoms with Crippen molar-refractivity contribution in [1.82, 2.24) is 0 Å². The van der Waals surface area contributed by atoms with Gasteiger partial charge >= 0.3 is 5.97 Å². The van der Waals surface area contributed by atoms with Crippen LogP contribution in [0.25, 0.3) is 0 Å². The molecule has 0 amide bonds. The third-order valence-corrected chi connectivity index (χ3v) is 2.71. The van der Waals surface area contributed by atoms with E-state index < -0.39 is 5.60 Å². The second-order valence-corrected chi connectivity index (χ2v) is 5.69. The number of ether oxygens (including phenoxy) is 2. The van der Waals surface area contributed by atoms with Crippen LogP contribution in [0, 0.1) is 0 Å². The van der Waals surface area contributed by atoms with Crippen molar-refractivity contribution in [3.8, 4) is 0 Å². The normalized spacial score (nSPS) is 11.2. The second kappa shape index (κ2) is 6.61. The predicted octanol–water partition coefficient (Wildman–Crippen LogP) is 2.31. The molecule has 0 aromatic heterocycles. The lowest BCUT2D eigenvalue weighted by atomic mass is 10.1. The summed E-state index contributed by atoms with van der Waals surface area (Å²) in [5.74, 6) is -0.348. The van der Waals surface area contributed by atoms with Crippen LogP contribution in [0.5, 0.6) is 0 Å². The minimum absolute atomic E-state index is 0.348. The predicted molar refractivity (Wildman–Crippen MR) is 81.2 cm³/mol. The zero-order valence-electron chi connectivity index (χ0n) is 12.9.